The van der Waals surface area contributed by atoms with Crippen molar-refractivity contribution in [3.63, 3.8) is 0 Å². The lowest BCUT2D eigenvalue weighted by atomic mass is 10.1. The summed E-state index contributed by atoms with van der Waals surface area (Å²) in [6.45, 7) is 3.19. The van der Waals surface area contributed by atoms with Crippen LogP contribution in [0.1, 0.15) is 24.2 Å². The molecule has 1 atom stereocenters. The molecule has 0 radical (unpaired) electrons. The van der Waals surface area contributed by atoms with Crippen molar-refractivity contribution in [2.45, 2.75) is 20.0 Å². The van der Waals surface area contributed by atoms with Crippen molar-refractivity contribution in [1.82, 2.24) is 0 Å². The molecule has 0 saturated carbocycles. The van der Waals surface area contributed by atoms with Crippen molar-refractivity contribution in [2.75, 3.05) is 5.32 Å². The number of nitrogens with one attached hydrogen (secondary N) is 1. The molecule has 1 amide bonds. The molecular formula is C21H19NO3. The summed E-state index contributed by atoms with van der Waals surface area (Å²) in [4.78, 5) is 23.9. The van der Waals surface area contributed by atoms with Crippen LogP contribution in [0, 0.1) is 0 Å². The molecule has 0 spiro atoms. The summed E-state index contributed by atoms with van der Waals surface area (Å²) in [6.07, 6.45) is -0.674. The highest BCUT2D eigenvalue weighted by molar-refractivity contribution is 5.98. The van der Waals surface area contributed by atoms with Crippen molar-refractivity contribution in [3.05, 3.63) is 72.3 Å². The number of carbonyl (C=O) groups excluding carboxylic acids is 2. The monoisotopic (exact) mass is 333 g/mol. The fourth-order valence-electron chi connectivity index (χ4n) is 2.60. The second-order valence-electron chi connectivity index (χ2n) is 5.86. The van der Waals surface area contributed by atoms with Gasteiger partial charge in [-0.2, -0.15) is 0 Å². The van der Waals surface area contributed by atoms with Crippen LogP contribution < -0.4 is 10.1 Å². The highest BCUT2D eigenvalue weighted by Crippen LogP contribution is 2.26. The summed E-state index contributed by atoms with van der Waals surface area (Å²) >= 11 is 0. The van der Waals surface area contributed by atoms with Crippen molar-refractivity contribution < 1.29 is 14.3 Å². The molecule has 4 heteroatoms. The zero-order valence-electron chi connectivity index (χ0n) is 14.2. The van der Waals surface area contributed by atoms with Crippen molar-refractivity contribution in [2.24, 2.45) is 0 Å². The van der Waals surface area contributed by atoms with Gasteiger partial charge in [-0.1, -0.05) is 48.5 Å². The standard InChI is InChI=1S/C21H19NO3/c1-14(23)17-9-5-10-18(13-17)22-21(24)15(2)25-20-12-6-8-16-7-3-4-11-19(16)20/h3-13,15H,1-2H3,(H,22,24). The number of benzene rings is 3. The van der Waals surface area contributed by atoms with Crippen LogP contribution in [0.3, 0.4) is 0 Å². The van der Waals surface area contributed by atoms with E-state index in [2.05, 4.69) is 5.32 Å². The normalized spacial score (nSPS) is 11.8. The van der Waals surface area contributed by atoms with Gasteiger partial charge in [-0.25, -0.2) is 0 Å². The molecule has 25 heavy (non-hydrogen) atoms. The third-order valence-electron chi connectivity index (χ3n) is 3.96. The maximum absolute atomic E-state index is 12.4. The molecule has 0 fully saturated rings. The van der Waals surface area contributed by atoms with Crippen LogP contribution in [0.15, 0.2) is 66.7 Å². The zero-order chi connectivity index (χ0) is 17.8. The van der Waals surface area contributed by atoms with Gasteiger partial charge in [0.1, 0.15) is 5.75 Å². The summed E-state index contributed by atoms with van der Waals surface area (Å²) in [5.41, 5.74) is 1.13. The third-order valence-corrected chi connectivity index (χ3v) is 3.96. The Morgan fingerprint density at radius 2 is 1.68 bits per heavy atom. The lowest BCUT2D eigenvalue weighted by Crippen LogP contribution is -2.30. The number of carbonyl (C=O) groups is 2. The zero-order valence-corrected chi connectivity index (χ0v) is 14.2. The van der Waals surface area contributed by atoms with E-state index in [1.165, 1.54) is 6.92 Å². The van der Waals surface area contributed by atoms with Gasteiger partial charge in [0, 0.05) is 16.6 Å². The average molecular weight is 333 g/mol. The minimum absolute atomic E-state index is 0.0452. The van der Waals surface area contributed by atoms with Crippen molar-refractivity contribution in [1.29, 1.82) is 0 Å². The second-order valence-corrected chi connectivity index (χ2v) is 5.86. The number of rotatable bonds is 5. The molecule has 0 aromatic heterocycles. The molecule has 3 rings (SSSR count). The van der Waals surface area contributed by atoms with Gasteiger partial charge in [0.05, 0.1) is 0 Å². The van der Waals surface area contributed by atoms with Crippen molar-refractivity contribution in [3.8, 4) is 5.75 Å². The van der Waals surface area contributed by atoms with Crippen LogP contribution in [0.2, 0.25) is 0 Å². The molecule has 1 unspecified atom stereocenters. The number of hydrogen-bond acceptors (Lipinski definition) is 3. The lowest BCUT2D eigenvalue weighted by Gasteiger charge is -2.16. The molecule has 0 aliphatic rings. The number of anilines is 1. The predicted molar refractivity (Wildman–Crippen MR) is 99.1 cm³/mol. The van der Waals surface area contributed by atoms with Gasteiger partial charge >= 0.3 is 0 Å². The van der Waals surface area contributed by atoms with Crippen molar-refractivity contribution >= 4 is 28.2 Å². The molecule has 0 heterocycles. The Hall–Kier alpha value is -3.14. The third kappa shape index (κ3) is 3.86. The Bertz CT molecular complexity index is 928. The van der Waals surface area contributed by atoms with Gasteiger partial charge in [0.15, 0.2) is 11.9 Å². The molecule has 0 bridgehead atoms. The number of ether oxygens (including phenoxy) is 1. The van der Waals surface area contributed by atoms with E-state index in [0.29, 0.717) is 17.0 Å². The molecule has 126 valence electrons. The molecule has 0 saturated heterocycles. The van der Waals surface area contributed by atoms with Gasteiger partial charge in [-0.05, 0) is 37.4 Å². The molecule has 3 aromatic rings. The predicted octanol–water partition coefficient (Wildman–Crippen LogP) is 4.45. The number of amides is 1. The van der Waals surface area contributed by atoms with Crippen LogP contribution in [0.5, 0.6) is 5.75 Å². The van der Waals surface area contributed by atoms with Gasteiger partial charge in [0.2, 0.25) is 0 Å². The summed E-state index contributed by atoms with van der Waals surface area (Å²) < 4.78 is 5.86. The Kier molecular flexibility index (Phi) is 4.80. The summed E-state index contributed by atoms with van der Waals surface area (Å²) in [6, 6.07) is 20.5. The SMILES string of the molecule is CC(=O)c1cccc(NC(=O)C(C)Oc2cccc3ccccc23)c1. The first-order valence-corrected chi connectivity index (χ1v) is 8.11. The van der Waals surface area contributed by atoms with E-state index in [0.717, 1.165) is 10.8 Å². The minimum atomic E-state index is -0.674. The smallest absolute Gasteiger partial charge is 0.265 e. The molecular weight excluding hydrogens is 314 g/mol. The fraction of sp³-hybridized carbons (Fsp3) is 0.143. The van der Waals surface area contributed by atoms with Crippen LogP contribution in [0.25, 0.3) is 10.8 Å². The minimum Gasteiger partial charge on any atom is -0.480 e. The van der Waals surface area contributed by atoms with Gasteiger partial charge in [0.25, 0.3) is 5.91 Å². The van der Waals surface area contributed by atoms with Gasteiger partial charge in [-0.15, -0.1) is 0 Å². The van der Waals surface area contributed by atoms with Crippen LogP contribution in [-0.2, 0) is 4.79 Å². The van der Waals surface area contributed by atoms with E-state index in [1.807, 2.05) is 42.5 Å². The average Bonchev–Trinajstić information content (AvgIpc) is 2.62. The number of fused-ring (bicyclic) bond motifs is 1. The lowest BCUT2D eigenvalue weighted by molar-refractivity contribution is -0.122. The first-order chi connectivity index (χ1) is 12.0. The topological polar surface area (TPSA) is 55.4 Å². The Morgan fingerprint density at radius 1 is 0.960 bits per heavy atom. The van der Waals surface area contributed by atoms with E-state index in [-0.39, 0.29) is 11.7 Å². The molecule has 0 aliphatic heterocycles. The fourth-order valence-corrected chi connectivity index (χ4v) is 2.60. The van der Waals surface area contributed by atoms with Gasteiger partial charge in [-0.3, -0.25) is 9.59 Å². The number of hydrogen-bond donors (Lipinski definition) is 1. The van der Waals surface area contributed by atoms with E-state index < -0.39 is 6.10 Å². The van der Waals surface area contributed by atoms with Crippen LogP contribution in [0.4, 0.5) is 5.69 Å². The van der Waals surface area contributed by atoms with Crippen LogP contribution in [-0.4, -0.2) is 17.8 Å². The maximum Gasteiger partial charge on any atom is 0.265 e. The van der Waals surface area contributed by atoms with E-state index in [1.54, 1.807) is 31.2 Å². The molecule has 0 aliphatic carbocycles. The highest BCUT2D eigenvalue weighted by Gasteiger charge is 2.16. The molecule has 1 N–H and O–H groups in total. The van der Waals surface area contributed by atoms with E-state index >= 15 is 0 Å². The molecule has 4 nitrogen and oxygen atoms in total. The molecule has 3 aromatic carbocycles. The van der Waals surface area contributed by atoms with Crippen LogP contribution >= 0.6 is 0 Å². The summed E-state index contributed by atoms with van der Waals surface area (Å²) in [5, 5.41) is 4.81. The second kappa shape index (κ2) is 7.18. The van der Waals surface area contributed by atoms with E-state index in [9.17, 15) is 9.59 Å². The van der Waals surface area contributed by atoms with E-state index in [4.69, 9.17) is 4.74 Å². The number of Topliss-reactive ketones (excluding diaryl/α,β-unsaturated/α-hetero) is 1. The Balaban J connectivity index is 1.74. The quantitative estimate of drug-likeness (QED) is 0.702. The Morgan fingerprint density at radius 3 is 2.48 bits per heavy atom. The van der Waals surface area contributed by atoms with Gasteiger partial charge < -0.3 is 10.1 Å². The first-order valence-electron chi connectivity index (χ1n) is 8.11. The highest BCUT2D eigenvalue weighted by atomic mass is 16.5. The summed E-state index contributed by atoms with van der Waals surface area (Å²) in [5.74, 6) is 0.350. The summed E-state index contributed by atoms with van der Waals surface area (Å²) in [7, 11) is 0. The largest absolute Gasteiger partial charge is 0.480 e. The number of ketones is 1. The Labute approximate surface area is 146 Å². The first kappa shape index (κ1) is 16.7. The maximum atomic E-state index is 12.4.